The molecule has 0 aliphatic heterocycles. The number of benzene rings is 1. The first-order valence-corrected chi connectivity index (χ1v) is 6.53. The van der Waals surface area contributed by atoms with E-state index in [-0.39, 0.29) is 5.82 Å². The predicted molar refractivity (Wildman–Crippen MR) is 69.3 cm³/mol. The number of hydrogen-bond acceptors (Lipinski definition) is 1. The highest BCUT2D eigenvalue weighted by Crippen LogP contribution is 2.35. The summed E-state index contributed by atoms with van der Waals surface area (Å²) in [5.74, 6) is -0.145. The Balaban J connectivity index is 1.86. The molecule has 1 fully saturated rings. The van der Waals surface area contributed by atoms with Gasteiger partial charge >= 0.3 is 0 Å². The fourth-order valence-electron chi connectivity index (χ4n) is 2.78. The van der Waals surface area contributed by atoms with Gasteiger partial charge in [-0.05, 0) is 42.4 Å². The minimum atomic E-state index is -0.145. The van der Waals surface area contributed by atoms with Crippen molar-refractivity contribution in [2.45, 2.75) is 52.1 Å². The van der Waals surface area contributed by atoms with Crippen LogP contribution < -0.4 is 5.32 Å². The first-order valence-electron chi connectivity index (χ1n) is 6.53. The highest BCUT2D eigenvalue weighted by atomic mass is 19.1. The van der Waals surface area contributed by atoms with Crippen molar-refractivity contribution >= 4 is 0 Å². The first-order chi connectivity index (χ1) is 8.05. The van der Waals surface area contributed by atoms with Crippen LogP contribution >= 0.6 is 0 Å². The predicted octanol–water partition coefficient (Wildman–Crippen LogP) is 3.88. The summed E-state index contributed by atoms with van der Waals surface area (Å²) in [7, 11) is 0. The van der Waals surface area contributed by atoms with E-state index in [1.54, 1.807) is 12.1 Å². The zero-order valence-electron chi connectivity index (χ0n) is 10.8. The van der Waals surface area contributed by atoms with Crippen LogP contribution in [0.15, 0.2) is 24.3 Å². The molecule has 0 heterocycles. The average molecular weight is 235 g/mol. The summed E-state index contributed by atoms with van der Waals surface area (Å²) in [6.45, 7) is 5.45. The van der Waals surface area contributed by atoms with Crippen LogP contribution in [0.5, 0.6) is 0 Å². The molecule has 1 saturated carbocycles. The highest BCUT2D eigenvalue weighted by molar-refractivity contribution is 5.16. The second kappa shape index (κ2) is 5.18. The van der Waals surface area contributed by atoms with Crippen molar-refractivity contribution in [1.82, 2.24) is 5.32 Å². The van der Waals surface area contributed by atoms with Gasteiger partial charge in [0.05, 0.1) is 0 Å². The summed E-state index contributed by atoms with van der Waals surface area (Å²) in [4.78, 5) is 0. The van der Waals surface area contributed by atoms with Gasteiger partial charge in [-0.3, -0.25) is 0 Å². The maximum atomic E-state index is 13.0. The number of hydrogen-bond donors (Lipinski definition) is 1. The molecule has 1 atom stereocenters. The number of nitrogens with one attached hydrogen (secondary N) is 1. The topological polar surface area (TPSA) is 12.0 Å². The largest absolute Gasteiger partial charge is 0.310 e. The summed E-state index contributed by atoms with van der Waals surface area (Å²) in [6.07, 6.45) is 5.10. The van der Waals surface area contributed by atoms with Gasteiger partial charge < -0.3 is 5.32 Å². The van der Waals surface area contributed by atoms with Gasteiger partial charge in [0, 0.05) is 12.6 Å². The lowest BCUT2D eigenvalue weighted by molar-refractivity contribution is 0.197. The molecule has 1 aromatic carbocycles. The molecular weight excluding hydrogens is 213 g/mol. The molecule has 0 spiro atoms. The van der Waals surface area contributed by atoms with Crippen molar-refractivity contribution in [2.75, 3.05) is 0 Å². The van der Waals surface area contributed by atoms with Gasteiger partial charge in [-0.1, -0.05) is 32.4 Å². The number of rotatable bonds is 3. The van der Waals surface area contributed by atoms with Gasteiger partial charge in [0.1, 0.15) is 5.82 Å². The van der Waals surface area contributed by atoms with Gasteiger partial charge in [-0.2, -0.15) is 0 Å². The van der Waals surface area contributed by atoms with Crippen molar-refractivity contribution in [1.29, 1.82) is 0 Å². The van der Waals surface area contributed by atoms with Crippen molar-refractivity contribution in [2.24, 2.45) is 5.41 Å². The van der Waals surface area contributed by atoms with E-state index in [0.717, 1.165) is 12.1 Å². The lowest BCUT2D eigenvalue weighted by Crippen LogP contribution is -2.36. The summed E-state index contributed by atoms with van der Waals surface area (Å²) in [6, 6.07) is 7.44. The Kier molecular flexibility index (Phi) is 3.82. The molecule has 94 valence electrons. The van der Waals surface area contributed by atoms with Gasteiger partial charge in [0.2, 0.25) is 0 Å². The van der Waals surface area contributed by atoms with Crippen LogP contribution in [0.1, 0.15) is 45.1 Å². The second-order valence-electron chi connectivity index (χ2n) is 5.97. The molecule has 1 aromatic rings. The fourth-order valence-corrected chi connectivity index (χ4v) is 2.78. The van der Waals surface area contributed by atoms with Gasteiger partial charge in [-0.25, -0.2) is 4.39 Å². The van der Waals surface area contributed by atoms with E-state index in [9.17, 15) is 4.39 Å². The van der Waals surface area contributed by atoms with Gasteiger partial charge in [0.25, 0.3) is 0 Å². The normalized spacial score (nSPS) is 23.6. The van der Waals surface area contributed by atoms with Crippen LogP contribution in [-0.4, -0.2) is 6.04 Å². The smallest absolute Gasteiger partial charge is 0.123 e. The molecule has 0 radical (unpaired) electrons. The molecule has 17 heavy (non-hydrogen) atoms. The zero-order valence-corrected chi connectivity index (χ0v) is 10.8. The summed E-state index contributed by atoms with van der Waals surface area (Å²) >= 11 is 0. The lowest BCUT2D eigenvalue weighted by atomic mass is 9.75. The SMILES string of the molecule is CC1(C)CCCC(NCc2cccc(F)c2)C1. The van der Waals surface area contributed by atoms with Crippen LogP contribution in [-0.2, 0) is 6.54 Å². The Morgan fingerprint density at radius 1 is 1.41 bits per heavy atom. The van der Waals surface area contributed by atoms with Crippen molar-refractivity contribution < 1.29 is 4.39 Å². The monoisotopic (exact) mass is 235 g/mol. The molecular formula is C15H22FN. The molecule has 0 saturated heterocycles. The van der Waals surface area contributed by atoms with E-state index in [1.807, 2.05) is 6.07 Å². The van der Waals surface area contributed by atoms with Gasteiger partial charge in [0.15, 0.2) is 0 Å². The first kappa shape index (κ1) is 12.6. The minimum Gasteiger partial charge on any atom is -0.310 e. The third-order valence-electron chi connectivity index (χ3n) is 3.69. The molecule has 1 nitrogen and oxygen atoms in total. The van der Waals surface area contributed by atoms with Crippen LogP contribution in [0.25, 0.3) is 0 Å². The fraction of sp³-hybridized carbons (Fsp3) is 0.600. The molecule has 1 unspecified atom stereocenters. The van der Waals surface area contributed by atoms with Crippen LogP contribution in [0.4, 0.5) is 4.39 Å². The summed E-state index contributed by atoms with van der Waals surface area (Å²) < 4.78 is 13.0. The standard InChI is InChI=1S/C15H22FN/c1-15(2)8-4-7-14(10-15)17-11-12-5-3-6-13(16)9-12/h3,5-6,9,14,17H,4,7-8,10-11H2,1-2H3. The maximum absolute atomic E-state index is 13.0. The lowest BCUT2D eigenvalue weighted by Gasteiger charge is -2.35. The van der Waals surface area contributed by atoms with Gasteiger partial charge in [-0.15, -0.1) is 0 Å². The third kappa shape index (κ3) is 3.81. The average Bonchev–Trinajstić information content (AvgIpc) is 2.25. The third-order valence-corrected chi connectivity index (χ3v) is 3.69. The van der Waals surface area contributed by atoms with E-state index < -0.39 is 0 Å². The molecule has 2 heteroatoms. The molecule has 2 rings (SSSR count). The van der Waals surface area contributed by atoms with E-state index in [1.165, 1.54) is 31.7 Å². The van der Waals surface area contributed by atoms with E-state index >= 15 is 0 Å². The van der Waals surface area contributed by atoms with Crippen LogP contribution in [0.2, 0.25) is 0 Å². The minimum absolute atomic E-state index is 0.145. The van der Waals surface area contributed by atoms with Crippen LogP contribution in [0, 0.1) is 11.2 Å². The molecule has 1 aliphatic carbocycles. The van der Waals surface area contributed by atoms with Crippen molar-refractivity contribution in [3.8, 4) is 0 Å². The molecule has 0 bridgehead atoms. The van der Waals surface area contributed by atoms with E-state index in [2.05, 4.69) is 19.2 Å². The van der Waals surface area contributed by atoms with Crippen LogP contribution in [0.3, 0.4) is 0 Å². The van der Waals surface area contributed by atoms with E-state index in [0.29, 0.717) is 11.5 Å². The quantitative estimate of drug-likeness (QED) is 0.838. The Morgan fingerprint density at radius 2 is 2.24 bits per heavy atom. The van der Waals surface area contributed by atoms with Crippen molar-refractivity contribution in [3.05, 3.63) is 35.6 Å². The Morgan fingerprint density at radius 3 is 2.94 bits per heavy atom. The second-order valence-corrected chi connectivity index (χ2v) is 5.97. The Labute approximate surface area is 103 Å². The highest BCUT2D eigenvalue weighted by Gasteiger charge is 2.27. The summed E-state index contributed by atoms with van der Waals surface area (Å²) in [5, 5.41) is 3.55. The number of halogens is 1. The Hall–Kier alpha value is -0.890. The summed E-state index contributed by atoms with van der Waals surface area (Å²) in [5.41, 5.74) is 1.49. The molecule has 1 aliphatic rings. The molecule has 0 aromatic heterocycles. The maximum Gasteiger partial charge on any atom is 0.123 e. The van der Waals surface area contributed by atoms with Crippen molar-refractivity contribution in [3.63, 3.8) is 0 Å². The zero-order chi connectivity index (χ0) is 12.3. The Bertz CT molecular complexity index is 373. The molecule has 0 amide bonds. The molecule has 1 N–H and O–H groups in total. The van der Waals surface area contributed by atoms with E-state index in [4.69, 9.17) is 0 Å².